The van der Waals surface area contributed by atoms with Crippen LogP contribution in [-0.4, -0.2) is 20.3 Å². The lowest BCUT2D eigenvalue weighted by Crippen LogP contribution is -2.36. The van der Waals surface area contributed by atoms with Crippen molar-refractivity contribution in [2.75, 3.05) is 4.72 Å². The molecule has 0 heterocycles. The van der Waals surface area contributed by atoms with E-state index in [1.807, 2.05) is 0 Å². The van der Waals surface area contributed by atoms with Gasteiger partial charge in [-0.25, -0.2) is 4.21 Å². The van der Waals surface area contributed by atoms with Crippen molar-refractivity contribution in [3.8, 4) is 0 Å². The van der Waals surface area contributed by atoms with Crippen molar-refractivity contribution in [3.63, 3.8) is 0 Å². The minimum absolute atomic E-state index is 0.0308. The molecule has 4 rings (SSSR count). The van der Waals surface area contributed by atoms with Crippen molar-refractivity contribution in [1.29, 1.82) is 0 Å². The highest BCUT2D eigenvalue weighted by Crippen LogP contribution is 2.55. The van der Waals surface area contributed by atoms with Gasteiger partial charge in [-0.3, -0.25) is 0 Å². The van der Waals surface area contributed by atoms with Crippen molar-refractivity contribution < 1.29 is 4.21 Å². The van der Waals surface area contributed by atoms with Gasteiger partial charge >= 0.3 is 0 Å². The van der Waals surface area contributed by atoms with E-state index in [1.54, 1.807) is 5.30 Å². The predicted octanol–water partition coefficient (Wildman–Crippen LogP) is 10.2. The van der Waals surface area contributed by atoms with E-state index in [9.17, 15) is 4.21 Å². The molecule has 2 aromatic rings. The van der Waals surface area contributed by atoms with Crippen molar-refractivity contribution >= 4 is 29.9 Å². The molecule has 2 aliphatic carbocycles. The van der Waals surface area contributed by atoms with Gasteiger partial charge in [0.15, 0.2) is 0 Å². The topological polar surface area (TPSA) is 29.1 Å². The van der Waals surface area contributed by atoms with E-state index in [0.29, 0.717) is 0 Å². The Hall–Kier alpha value is -1.18. The summed E-state index contributed by atoms with van der Waals surface area (Å²) >= 11 is 0. The fraction of sp³-hybridized carbons (Fsp3) is 0.667. The number of anilines is 1. The standard InChI is InChI=1S/C36H56NOPS/c1-34(2,3)28-23-29(35(4,5)6)25-30(24-28)37-40(38)36(7,8)26-27-17-15-16-22-33(27)39(31-18-11-9-12-19-31)32-20-13-10-14-21-32/h15-17,22-25,31-32,37H,9-14,18-21,26H2,1-8H3. The first kappa shape index (κ1) is 31.7. The van der Waals surface area contributed by atoms with Gasteiger partial charge in [-0.05, 0) is 102 Å². The smallest absolute Gasteiger partial charge is 0.123 e. The van der Waals surface area contributed by atoms with Crippen LogP contribution in [0.3, 0.4) is 0 Å². The summed E-state index contributed by atoms with van der Waals surface area (Å²) in [7, 11) is -1.41. The highest BCUT2D eigenvalue weighted by atomic mass is 32.2. The maximum atomic E-state index is 14.1. The van der Waals surface area contributed by atoms with E-state index in [-0.39, 0.29) is 18.8 Å². The molecule has 2 fully saturated rings. The minimum Gasteiger partial charge on any atom is -0.305 e. The van der Waals surface area contributed by atoms with Gasteiger partial charge in [0, 0.05) is 5.69 Å². The highest BCUT2D eigenvalue weighted by molar-refractivity contribution is 7.87. The zero-order valence-electron chi connectivity index (χ0n) is 26.7. The summed E-state index contributed by atoms with van der Waals surface area (Å²) in [5.41, 5.74) is 6.80. The van der Waals surface area contributed by atoms with Crippen molar-refractivity contribution in [1.82, 2.24) is 0 Å². The van der Waals surface area contributed by atoms with E-state index in [4.69, 9.17) is 0 Å². The molecule has 2 aromatic carbocycles. The number of hydrogen-bond acceptors (Lipinski definition) is 1. The fourth-order valence-corrected chi connectivity index (χ4v) is 11.5. The highest BCUT2D eigenvalue weighted by Gasteiger charge is 2.35. The normalized spacial score (nSPS) is 19.1. The van der Waals surface area contributed by atoms with Gasteiger partial charge in [0.1, 0.15) is 11.0 Å². The number of nitrogens with one attached hydrogen (secondary N) is 1. The van der Waals surface area contributed by atoms with Crippen molar-refractivity contribution in [2.45, 2.75) is 153 Å². The summed E-state index contributed by atoms with van der Waals surface area (Å²) in [4.78, 5) is 0. The molecule has 1 unspecified atom stereocenters. The number of rotatable bonds is 8. The molecule has 1 N–H and O–H groups in total. The Labute approximate surface area is 250 Å². The van der Waals surface area contributed by atoms with Crippen LogP contribution in [-0.2, 0) is 28.2 Å². The first-order valence-corrected chi connectivity index (χ1v) is 18.6. The van der Waals surface area contributed by atoms with Gasteiger partial charge in [0.25, 0.3) is 0 Å². The first-order chi connectivity index (χ1) is 18.8. The van der Waals surface area contributed by atoms with Gasteiger partial charge < -0.3 is 4.72 Å². The lowest BCUT2D eigenvalue weighted by Gasteiger charge is -2.40. The SMILES string of the molecule is CC(C)(C)c1cc(NS(=O)C(C)(C)Cc2ccccc2P(C2CCCCC2)C2CCCCC2)cc(C(C)(C)C)c1. The third-order valence-corrected chi connectivity index (χ3v) is 14.4. The van der Waals surface area contributed by atoms with Gasteiger partial charge in [0.05, 0.1) is 4.75 Å². The summed E-state index contributed by atoms with van der Waals surface area (Å²) < 4.78 is 17.1. The lowest BCUT2D eigenvalue weighted by molar-refractivity contribution is 0.487. The molecule has 0 bridgehead atoms. The molecule has 0 amide bonds. The van der Waals surface area contributed by atoms with Crippen LogP contribution in [0.5, 0.6) is 0 Å². The Bertz CT molecular complexity index is 1100. The lowest BCUT2D eigenvalue weighted by atomic mass is 9.80. The van der Waals surface area contributed by atoms with E-state index < -0.39 is 15.7 Å². The van der Waals surface area contributed by atoms with Crippen LogP contribution in [0.25, 0.3) is 0 Å². The first-order valence-electron chi connectivity index (χ1n) is 16.0. The van der Waals surface area contributed by atoms with Crippen LogP contribution in [0.4, 0.5) is 5.69 Å². The van der Waals surface area contributed by atoms with E-state index in [0.717, 1.165) is 23.4 Å². The molecule has 0 spiro atoms. The van der Waals surface area contributed by atoms with Crippen molar-refractivity contribution in [2.24, 2.45) is 0 Å². The Morgan fingerprint density at radius 2 is 1.20 bits per heavy atom. The molecule has 0 saturated heterocycles. The Morgan fingerprint density at radius 1 is 0.725 bits per heavy atom. The zero-order valence-corrected chi connectivity index (χ0v) is 28.4. The summed E-state index contributed by atoms with van der Waals surface area (Å²) in [5.74, 6) is 0. The summed E-state index contributed by atoms with van der Waals surface area (Å²) in [6.07, 6.45) is 14.9. The molecule has 40 heavy (non-hydrogen) atoms. The summed E-state index contributed by atoms with van der Waals surface area (Å²) in [6, 6.07) is 16.0. The molecular formula is C36H56NOPS. The third kappa shape index (κ3) is 8.01. The maximum absolute atomic E-state index is 14.1. The third-order valence-electron chi connectivity index (χ3n) is 9.20. The second-order valence-corrected chi connectivity index (χ2v) is 19.8. The van der Waals surface area contributed by atoms with E-state index >= 15 is 0 Å². The maximum Gasteiger partial charge on any atom is 0.123 e. The molecule has 0 radical (unpaired) electrons. The molecule has 2 aliphatic rings. The quantitative estimate of drug-likeness (QED) is 0.309. The molecule has 4 heteroatoms. The molecule has 2 saturated carbocycles. The minimum atomic E-state index is -1.23. The Morgan fingerprint density at radius 3 is 1.68 bits per heavy atom. The number of hydrogen-bond donors (Lipinski definition) is 1. The second-order valence-electron chi connectivity index (χ2n) is 15.2. The fourth-order valence-electron chi connectivity index (χ4n) is 6.64. The molecule has 0 aromatic heterocycles. The van der Waals surface area contributed by atoms with Crippen LogP contribution < -0.4 is 10.0 Å². The van der Waals surface area contributed by atoms with Crippen LogP contribution in [0, 0.1) is 0 Å². The average Bonchev–Trinajstić information content (AvgIpc) is 2.90. The van der Waals surface area contributed by atoms with Crippen LogP contribution in [0.1, 0.15) is 136 Å². The second kappa shape index (κ2) is 13.0. The monoisotopic (exact) mass is 581 g/mol. The van der Waals surface area contributed by atoms with Gasteiger partial charge in [-0.2, -0.15) is 0 Å². The van der Waals surface area contributed by atoms with E-state index in [1.165, 1.54) is 80.9 Å². The van der Waals surface area contributed by atoms with Gasteiger partial charge in [-0.15, -0.1) is 0 Å². The van der Waals surface area contributed by atoms with Gasteiger partial charge in [0.2, 0.25) is 0 Å². The molecular weight excluding hydrogens is 525 g/mol. The number of benzene rings is 2. The van der Waals surface area contributed by atoms with Crippen LogP contribution >= 0.6 is 7.92 Å². The zero-order chi connectivity index (χ0) is 29.1. The van der Waals surface area contributed by atoms with Crippen molar-refractivity contribution in [3.05, 3.63) is 59.2 Å². The largest absolute Gasteiger partial charge is 0.305 e. The molecule has 1 atom stereocenters. The average molecular weight is 582 g/mol. The Kier molecular flexibility index (Phi) is 10.3. The predicted molar refractivity (Wildman–Crippen MR) is 180 cm³/mol. The Balaban J connectivity index is 1.61. The molecule has 0 aliphatic heterocycles. The molecule has 2 nitrogen and oxygen atoms in total. The summed E-state index contributed by atoms with van der Waals surface area (Å²) in [5, 5.41) is 1.63. The van der Waals surface area contributed by atoms with Crippen LogP contribution in [0.2, 0.25) is 0 Å². The summed E-state index contributed by atoms with van der Waals surface area (Å²) in [6.45, 7) is 17.9. The molecule has 222 valence electrons. The van der Waals surface area contributed by atoms with Crippen LogP contribution in [0.15, 0.2) is 42.5 Å². The van der Waals surface area contributed by atoms with E-state index in [2.05, 4.69) is 103 Å². The van der Waals surface area contributed by atoms with Gasteiger partial charge in [-0.1, -0.05) is 118 Å².